The van der Waals surface area contributed by atoms with Crippen LogP contribution in [0, 0.1) is 0 Å². The van der Waals surface area contributed by atoms with Gasteiger partial charge in [-0.3, -0.25) is 24.1 Å². The summed E-state index contributed by atoms with van der Waals surface area (Å²) < 4.78 is 0. The minimum atomic E-state index is -0.863. The third kappa shape index (κ3) is 2.40. The van der Waals surface area contributed by atoms with Crippen LogP contribution in [0.1, 0.15) is 40.5 Å². The van der Waals surface area contributed by atoms with Crippen LogP contribution >= 0.6 is 0 Å². The van der Waals surface area contributed by atoms with Gasteiger partial charge in [0.25, 0.3) is 11.8 Å². The number of benzene rings is 1. The van der Waals surface area contributed by atoms with E-state index in [4.69, 9.17) is 0 Å². The van der Waals surface area contributed by atoms with Crippen LogP contribution in [0.4, 0.5) is 5.69 Å². The lowest BCUT2D eigenvalue weighted by Gasteiger charge is -2.29. The molecular weight excluding hydrogens is 298 g/mol. The van der Waals surface area contributed by atoms with Gasteiger partial charge in [0.15, 0.2) is 0 Å². The van der Waals surface area contributed by atoms with Crippen LogP contribution < -0.4 is 10.6 Å². The van der Waals surface area contributed by atoms with Gasteiger partial charge in [-0.25, -0.2) is 0 Å². The number of nitrogens with zero attached hydrogens (tertiary/aromatic N) is 1. The zero-order valence-electron chi connectivity index (χ0n) is 12.5. The number of carbonyl (C=O) groups is 4. The van der Waals surface area contributed by atoms with Crippen LogP contribution in [0.5, 0.6) is 0 Å². The van der Waals surface area contributed by atoms with Crippen LogP contribution in [0.3, 0.4) is 0 Å². The van der Waals surface area contributed by atoms with Crippen LogP contribution in [0.2, 0.25) is 0 Å². The van der Waals surface area contributed by atoms with E-state index in [-0.39, 0.29) is 22.7 Å². The Morgan fingerprint density at radius 3 is 2.70 bits per heavy atom. The molecular formula is C16H15N3O4. The highest BCUT2D eigenvalue weighted by molar-refractivity contribution is 6.25. The summed E-state index contributed by atoms with van der Waals surface area (Å²) in [6.45, 7) is 5.00. The van der Waals surface area contributed by atoms with Crippen molar-refractivity contribution in [2.75, 3.05) is 5.32 Å². The van der Waals surface area contributed by atoms with Crippen LogP contribution in [-0.2, 0) is 9.59 Å². The smallest absolute Gasteiger partial charge is 0.264 e. The molecule has 1 aromatic carbocycles. The molecule has 7 heteroatoms. The number of hydrogen-bond donors (Lipinski definition) is 2. The van der Waals surface area contributed by atoms with E-state index in [0.717, 1.165) is 4.90 Å². The average Bonchev–Trinajstić information content (AvgIpc) is 2.72. The predicted octanol–water partition coefficient (Wildman–Crippen LogP) is 1.03. The van der Waals surface area contributed by atoms with Gasteiger partial charge in [0.1, 0.15) is 6.04 Å². The monoisotopic (exact) mass is 313 g/mol. The van der Waals surface area contributed by atoms with Crippen molar-refractivity contribution in [2.24, 2.45) is 0 Å². The fourth-order valence-electron chi connectivity index (χ4n) is 2.89. The maximum atomic E-state index is 12.7. The van der Waals surface area contributed by atoms with Crippen molar-refractivity contribution >= 4 is 29.3 Å². The second-order valence-electron chi connectivity index (χ2n) is 5.54. The molecule has 0 saturated carbocycles. The van der Waals surface area contributed by atoms with Crippen LogP contribution in [0.15, 0.2) is 30.5 Å². The first-order chi connectivity index (χ1) is 10.9. The summed E-state index contributed by atoms with van der Waals surface area (Å²) >= 11 is 0. The lowest BCUT2D eigenvalue weighted by Crippen LogP contribution is -2.51. The molecule has 0 radical (unpaired) electrons. The zero-order valence-corrected chi connectivity index (χ0v) is 12.5. The first-order valence-corrected chi connectivity index (χ1v) is 7.17. The van der Waals surface area contributed by atoms with E-state index < -0.39 is 23.8 Å². The van der Waals surface area contributed by atoms with Gasteiger partial charge in [-0.2, -0.15) is 0 Å². The van der Waals surface area contributed by atoms with Crippen molar-refractivity contribution in [1.82, 2.24) is 10.2 Å². The lowest BCUT2D eigenvalue weighted by molar-refractivity contribution is -0.125. The van der Waals surface area contributed by atoms with Crippen molar-refractivity contribution in [2.45, 2.75) is 25.8 Å². The van der Waals surface area contributed by atoms with E-state index in [0.29, 0.717) is 18.5 Å². The summed E-state index contributed by atoms with van der Waals surface area (Å²) in [6.07, 6.45) is 0.841. The van der Waals surface area contributed by atoms with Crippen LogP contribution in [-0.4, -0.2) is 34.6 Å². The maximum Gasteiger partial charge on any atom is 0.264 e. The highest BCUT2D eigenvalue weighted by Gasteiger charge is 2.45. The minimum absolute atomic E-state index is 0.130. The first kappa shape index (κ1) is 15.0. The molecule has 0 aromatic heterocycles. The second-order valence-corrected chi connectivity index (χ2v) is 5.54. The fourth-order valence-corrected chi connectivity index (χ4v) is 2.89. The number of rotatable bonds is 2. The van der Waals surface area contributed by atoms with Crippen molar-refractivity contribution in [1.29, 1.82) is 0 Å². The van der Waals surface area contributed by atoms with Gasteiger partial charge in [0.05, 0.1) is 16.8 Å². The number of fused-ring (bicyclic) bond motifs is 1. The molecule has 0 spiro atoms. The molecule has 4 amide bonds. The molecule has 1 fully saturated rings. The first-order valence-electron chi connectivity index (χ1n) is 7.17. The molecule has 2 N–H and O–H groups in total. The molecule has 118 valence electrons. The lowest BCUT2D eigenvalue weighted by atomic mass is 10.0. The number of amides is 4. The SMILES string of the molecule is C=C1CCC(N2C(=O)c3cccc(NC(C)=O)c3C2=O)C(=O)N1. The number of carbonyl (C=O) groups excluding carboxylic acids is 4. The summed E-state index contributed by atoms with van der Waals surface area (Å²) in [7, 11) is 0. The highest BCUT2D eigenvalue weighted by atomic mass is 16.2. The van der Waals surface area contributed by atoms with Gasteiger partial charge in [-0.05, 0) is 25.0 Å². The molecule has 3 rings (SSSR count). The largest absolute Gasteiger partial charge is 0.329 e. The topological polar surface area (TPSA) is 95.6 Å². The molecule has 7 nitrogen and oxygen atoms in total. The zero-order chi connectivity index (χ0) is 16.7. The molecule has 1 unspecified atom stereocenters. The van der Waals surface area contributed by atoms with E-state index in [1.54, 1.807) is 12.1 Å². The van der Waals surface area contributed by atoms with E-state index in [1.807, 2.05) is 0 Å². The Kier molecular flexibility index (Phi) is 3.48. The number of piperidine rings is 1. The molecule has 2 heterocycles. The van der Waals surface area contributed by atoms with Crippen molar-refractivity contribution in [3.05, 3.63) is 41.6 Å². The molecule has 1 atom stereocenters. The number of hydrogen-bond acceptors (Lipinski definition) is 4. The third-order valence-electron chi connectivity index (χ3n) is 3.89. The Labute approximate surface area is 132 Å². The maximum absolute atomic E-state index is 12.7. The molecule has 1 aromatic rings. The number of anilines is 1. The predicted molar refractivity (Wildman–Crippen MR) is 81.6 cm³/mol. The van der Waals surface area contributed by atoms with Gasteiger partial charge < -0.3 is 10.6 Å². The standard InChI is InChI=1S/C16H15N3O4/c1-8-6-7-12(14(21)17-8)19-15(22)10-4-3-5-11(18-9(2)20)13(10)16(19)23/h3-5,12H,1,6-7H2,2H3,(H,17,21)(H,18,20). The normalized spacial score (nSPS) is 20.4. The van der Waals surface area contributed by atoms with Crippen molar-refractivity contribution < 1.29 is 19.2 Å². The number of nitrogens with one attached hydrogen (secondary N) is 2. The van der Waals surface area contributed by atoms with Crippen LogP contribution in [0.25, 0.3) is 0 Å². The summed E-state index contributed by atoms with van der Waals surface area (Å²) in [6, 6.07) is 3.79. The molecule has 1 saturated heterocycles. The van der Waals surface area contributed by atoms with E-state index in [9.17, 15) is 19.2 Å². The second kappa shape index (κ2) is 5.35. The quantitative estimate of drug-likeness (QED) is 0.797. The Balaban J connectivity index is 1.99. The van der Waals surface area contributed by atoms with Crippen molar-refractivity contribution in [3.8, 4) is 0 Å². The summed E-state index contributed by atoms with van der Waals surface area (Å²) in [5.41, 5.74) is 1.17. The highest BCUT2D eigenvalue weighted by Crippen LogP contribution is 2.32. The Morgan fingerprint density at radius 2 is 2.04 bits per heavy atom. The molecule has 0 bridgehead atoms. The van der Waals surface area contributed by atoms with E-state index >= 15 is 0 Å². The van der Waals surface area contributed by atoms with Gasteiger partial charge in [-0.1, -0.05) is 12.6 Å². The van der Waals surface area contributed by atoms with E-state index in [1.165, 1.54) is 13.0 Å². The van der Waals surface area contributed by atoms with E-state index in [2.05, 4.69) is 17.2 Å². The van der Waals surface area contributed by atoms with Gasteiger partial charge in [-0.15, -0.1) is 0 Å². The fraction of sp³-hybridized carbons (Fsp3) is 0.250. The molecule has 2 aliphatic heterocycles. The third-order valence-corrected chi connectivity index (χ3v) is 3.89. The van der Waals surface area contributed by atoms with Gasteiger partial charge >= 0.3 is 0 Å². The number of imide groups is 1. The Bertz CT molecular complexity index is 769. The Morgan fingerprint density at radius 1 is 1.30 bits per heavy atom. The Hall–Kier alpha value is -2.96. The minimum Gasteiger partial charge on any atom is -0.329 e. The van der Waals surface area contributed by atoms with Crippen molar-refractivity contribution in [3.63, 3.8) is 0 Å². The summed E-state index contributed by atoms with van der Waals surface area (Å²) in [5.74, 6) is -1.85. The van der Waals surface area contributed by atoms with Gasteiger partial charge in [0, 0.05) is 12.6 Å². The summed E-state index contributed by atoms with van der Waals surface area (Å²) in [4.78, 5) is 49.6. The summed E-state index contributed by atoms with van der Waals surface area (Å²) in [5, 5.41) is 5.12. The average molecular weight is 313 g/mol. The molecule has 2 aliphatic rings. The van der Waals surface area contributed by atoms with Gasteiger partial charge in [0.2, 0.25) is 11.8 Å². The molecule has 23 heavy (non-hydrogen) atoms. The number of allylic oxidation sites excluding steroid dienone is 1. The molecule has 0 aliphatic carbocycles.